The number of benzene rings is 2. The molecule has 0 bridgehead atoms. The fraction of sp³-hybridized carbons (Fsp3) is 0.176. The van der Waals surface area contributed by atoms with Crippen molar-refractivity contribution >= 4 is 36.9 Å². The first kappa shape index (κ1) is 16.2. The Kier molecular flexibility index (Phi) is 4.31. The normalized spacial score (nSPS) is 13.3. The molecule has 1 heterocycles. The summed E-state index contributed by atoms with van der Waals surface area (Å²) in [6.45, 7) is 3.71. The molecule has 3 aromatic rings. The zero-order valence-electron chi connectivity index (χ0n) is 12.7. The predicted octanol–water partition coefficient (Wildman–Crippen LogP) is 4.54. The molecule has 6 heteroatoms. The number of sulfonamides is 1. The van der Waals surface area contributed by atoms with Gasteiger partial charge in [-0.2, -0.15) is 0 Å². The van der Waals surface area contributed by atoms with E-state index in [1.165, 1.54) is 0 Å². The van der Waals surface area contributed by atoms with Gasteiger partial charge in [0.25, 0.3) is 0 Å². The van der Waals surface area contributed by atoms with Crippen LogP contribution in [-0.2, 0) is 10.0 Å². The Morgan fingerprint density at radius 1 is 1.17 bits per heavy atom. The van der Waals surface area contributed by atoms with Crippen LogP contribution < -0.4 is 4.72 Å². The molecule has 2 aromatic carbocycles. The number of hydrogen-bond donors (Lipinski definition) is 1. The summed E-state index contributed by atoms with van der Waals surface area (Å²) in [7, 11) is -3.61. The van der Waals surface area contributed by atoms with Gasteiger partial charge < -0.3 is 4.42 Å². The largest absolute Gasteiger partial charge is 0.464 e. The number of nitrogens with one attached hydrogen (secondary N) is 1. The molecule has 1 unspecified atom stereocenters. The van der Waals surface area contributed by atoms with Crippen LogP contribution in [0.3, 0.4) is 0 Å². The third kappa shape index (κ3) is 3.34. The Hall–Kier alpha value is -1.63. The maximum Gasteiger partial charge on any atom is 0.241 e. The summed E-state index contributed by atoms with van der Waals surface area (Å²) in [4.78, 5) is 0.233. The Labute approximate surface area is 143 Å². The van der Waals surface area contributed by atoms with Gasteiger partial charge in [-0.3, -0.25) is 0 Å². The van der Waals surface area contributed by atoms with Crippen LogP contribution in [0.5, 0.6) is 0 Å². The van der Waals surface area contributed by atoms with Gasteiger partial charge in [0.15, 0.2) is 0 Å². The molecule has 0 fully saturated rings. The summed E-state index contributed by atoms with van der Waals surface area (Å²) in [5, 5.41) is 0.808. The van der Waals surface area contributed by atoms with Crippen LogP contribution in [0, 0.1) is 6.92 Å². The number of aryl methyl sites for hydroxylation is 1. The zero-order valence-corrected chi connectivity index (χ0v) is 15.1. The highest BCUT2D eigenvalue weighted by Crippen LogP contribution is 2.25. The lowest BCUT2D eigenvalue weighted by Crippen LogP contribution is -2.26. The Balaban J connectivity index is 1.92. The summed E-state index contributed by atoms with van der Waals surface area (Å²) in [5.41, 5.74) is 2.49. The maximum absolute atomic E-state index is 12.6. The molecule has 0 aliphatic carbocycles. The summed E-state index contributed by atoms with van der Waals surface area (Å²) >= 11 is 3.40. The molecule has 0 amide bonds. The third-order valence-electron chi connectivity index (χ3n) is 3.73. The van der Waals surface area contributed by atoms with Crippen molar-refractivity contribution in [2.24, 2.45) is 0 Å². The lowest BCUT2D eigenvalue weighted by molar-refractivity contribution is 0.567. The van der Waals surface area contributed by atoms with Crippen molar-refractivity contribution in [3.63, 3.8) is 0 Å². The molecule has 1 aromatic heterocycles. The Morgan fingerprint density at radius 3 is 2.70 bits per heavy atom. The SMILES string of the molecule is Cc1coc2ccc(S(=O)(=O)NC(C)c3cccc(Br)c3)cc12. The number of rotatable bonds is 4. The van der Waals surface area contributed by atoms with E-state index in [2.05, 4.69) is 20.7 Å². The van der Waals surface area contributed by atoms with Crippen molar-refractivity contribution in [1.82, 2.24) is 4.72 Å². The molecule has 0 aliphatic rings. The summed E-state index contributed by atoms with van der Waals surface area (Å²) in [6.07, 6.45) is 1.62. The molecule has 0 saturated heterocycles. The molecule has 0 aliphatic heterocycles. The van der Waals surface area contributed by atoms with E-state index in [4.69, 9.17) is 4.42 Å². The van der Waals surface area contributed by atoms with Crippen LogP contribution in [0.25, 0.3) is 11.0 Å². The van der Waals surface area contributed by atoms with E-state index in [0.29, 0.717) is 5.58 Å². The molecule has 0 spiro atoms. The first-order chi connectivity index (χ1) is 10.9. The van der Waals surface area contributed by atoms with Gasteiger partial charge in [-0.25, -0.2) is 13.1 Å². The third-order valence-corrected chi connectivity index (χ3v) is 5.76. The second-order valence-corrected chi connectivity index (χ2v) is 8.10. The maximum atomic E-state index is 12.6. The molecular formula is C17H16BrNO3S. The van der Waals surface area contributed by atoms with E-state index in [-0.39, 0.29) is 10.9 Å². The first-order valence-corrected chi connectivity index (χ1v) is 9.40. The van der Waals surface area contributed by atoms with Crippen LogP contribution in [0.4, 0.5) is 0 Å². The topological polar surface area (TPSA) is 59.3 Å². The molecule has 0 saturated carbocycles. The van der Waals surface area contributed by atoms with Gasteiger partial charge in [0, 0.05) is 15.9 Å². The van der Waals surface area contributed by atoms with Gasteiger partial charge in [-0.15, -0.1) is 0 Å². The second-order valence-electron chi connectivity index (χ2n) is 5.47. The van der Waals surface area contributed by atoms with E-state index >= 15 is 0 Å². The highest BCUT2D eigenvalue weighted by atomic mass is 79.9. The fourth-order valence-corrected chi connectivity index (χ4v) is 4.12. The van der Waals surface area contributed by atoms with E-state index in [9.17, 15) is 8.42 Å². The van der Waals surface area contributed by atoms with E-state index in [0.717, 1.165) is 21.0 Å². The van der Waals surface area contributed by atoms with Gasteiger partial charge in [-0.05, 0) is 55.3 Å². The average Bonchev–Trinajstić information content (AvgIpc) is 2.88. The Bertz CT molecular complexity index is 963. The van der Waals surface area contributed by atoms with Gasteiger partial charge in [0.1, 0.15) is 5.58 Å². The highest BCUT2D eigenvalue weighted by Gasteiger charge is 2.19. The molecule has 4 nitrogen and oxygen atoms in total. The molecule has 1 atom stereocenters. The van der Waals surface area contributed by atoms with Crippen LogP contribution >= 0.6 is 15.9 Å². The van der Waals surface area contributed by atoms with Gasteiger partial charge in [-0.1, -0.05) is 28.1 Å². The number of furan rings is 1. The summed E-state index contributed by atoms with van der Waals surface area (Å²) in [6, 6.07) is 12.1. The standard InChI is InChI=1S/C17H16BrNO3S/c1-11-10-22-17-7-6-15(9-16(11)17)23(20,21)19-12(2)13-4-3-5-14(18)8-13/h3-10,12,19H,1-2H3. The molecule has 1 N–H and O–H groups in total. The lowest BCUT2D eigenvalue weighted by Gasteiger charge is -2.15. The Morgan fingerprint density at radius 2 is 1.96 bits per heavy atom. The van der Waals surface area contributed by atoms with Crippen LogP contribution in [0.15, 0.2) is 62.5 Å². The van der Waals surface area contributed by atoms with Crippen molar-refractivity contribution < 1.29 is 12.8 Å². The van der Waals surface area contributed by atoms with Crippen molar-refractivity contribution in [1.29, 1.82) is 0 Å². The summed E-state index contributed by atoms with van der Waals surface area (Å²) < 4.78 is 34.2. The van der Waals surface area contributed by atoms with Crippen molar-refractivity contribution in [2.75, 3.05) is 0 Å². The quantitative estimate of drug-likeness (QED) is 0.707. The second kappa shape index (κ2) is 6.11. The first-order valence-electron chi connectivity index (χ1n) is 7.12. The van der Waals surface area contributed by atoms with Crippen molar-refractivity contribution in [2.45, 2.75) is 24.8 Å². The number of halogens is 1. The lowest BCUT2D eigenvalue weighted by atomic mass is 10.1. The number of fused-ring (bicyclic) bond motifs is 1. The number of hydrogen-bond acceptors (Lipinski definition) is 3. The van der Waals surface area contributed by atoms with Gasteiger partial charge in [0.2, 0.25) is 10.0 Å². The van der Waals surface area contributed by atoms with Gasteiger partial charge >= 0.3 is 0 Å². The van der Waals surface area contributed by atoms with E-state index < -0.39 is 10.0 Å². The predicted molar refractivity (Wildman–Crippen MR) is 93.8 cm³/mol. The fourth-order valence-electron chi connectivity index (χ4n) is 2.45. The van der Waals surface area contributed by atoms with Crippen molar-refractivity contribution in [3.8, 4) is 0 Å². The summed E-state index contributed by atoms with van der Waals surface area (Å²) in [5.74, 6) is 0. The highest BCUT2D eigenvalue weighted by molar-refractivity contribution is 9.10. The molecule has 120 valence electrons. The molecule has 3 rings (SSSR count). The minimum atomic E-state index is -3.61. The smallest absolute Gasteiger partial charge is 0.241 e. The van der Waals surface area contributed by atoms with Crippen LogP contribution in [0.1, 0.15) is 24.1 Å². The van der Waals surface area contributed by atoms with E-state index in [1.807, 2.05) is 38.1 Å². The van der Waals surface area contributed by atoms with E-state index in [1.54, 1.807) is 24.5 Å². The molecule has 0 radical (unpaired) electrons. The monoisotopic (exact) mass is 393 g/mol. The molecule has 23 heavy (non-hydrogen) atoms. The average molecular weight is 394 g/mol. The van der Waals surface area contributed by atoms with Crippen molar-refractivity contribution in [3.05, 3.63) is 64.3 Å². The zero-order chi connectivity index (χ0) is 16.6. The van der Waals surface area contributed by atoms with Crippen LogP contribution in [0.2, 0.25) is 0 Å². The minimum Gasteiger partial charge on any atom is -0.464 e. The van der Waals surface area contributed by atoms with Gasteiger partial charge in [0.05, 0.1) is 11.2 Å². The van der Waals surface area contributed by atoms with Crippen LogP contribution in [-0.4, -0.2) is 8.42 Å². The molecular weight excluding hydrogens is 378 g/mol. The minimum absolute atomic E-state index is 0.233.